The Balaban J connectivity index is 3.21. The monoisotopic (exact) mass is 255 g/mol. The lowest BCUT2D eigenvalue weighted by Crippen LogP contribution is -1.93. The second-order valence-electron chi connectivity index (χ2n) is 2.64. The van der Waals surface area contributed by atoms with Gasteiger partial charge in [-0.25, -0.2) is 0 Å². The van der Waals surface area contributed by atoms with Crippen molar-refractivity contribution >= 4 is 15.9 Å². The fourth-order valence-electron chi connectivity index (χ4n) is 1.11. The topological polar surface area (TPSA) is 42.2 Å². The number of nitriles is 1. The summed E-state index contributed by atoms with van der Waals surface area (Å²) in [5.74, 6) is 1.37. The van der Waals surface area contributed by atoms with Gasteiger partial charge in [-0.1, -0.05) is 0 Å². The Labute approximate surface area is 91.4 Å². The zero-order valence-electron chi connectivity index (χ0n) is 8.00. The number of benzene rings is 1. The van der Waals surface area contributed by atoms with Crippen LogP contribution in [-0.2, 0) is 6.42 Å². The van der Waals surface area contributed by atoms with E-state index in [1.54, 1.807) is 20.3 Å². The van der Waals surface area contributed by atoms with Crippen LogP contribution in [0, 0.1) is 11.3 Å². The van der Waals surface area contributed by atoms with E-state index < -0.39 is 0 Å². The van der Waals surface area contributed by atoms with Crippen LogP contribution in [0.5, 0.6) is 11.5 Å². The molecule has 0 saturated carbocycles. The zero-order valence-corrected chi connectivity index (χ0v) is 9.59. The van der Waals surface area contributed by atoms with Crippen molar-refractivity contribution in [1.82, 2.24) is 0 Å². The molecule has 0 heterocycles. The van der Waals surface area contributed by atoms with Crippen LogP contribution in [0.25, 0.3) is 0 Å². The summed E-state index contributed by atoms with van der Waals surface area (Å²) in [5, 5.41) is 8.62. The van der Waals surface area contributed by atoms with E-state index in [0.717, 1.165) is 10.0 Å². The van der Waals surface area contributed by atoms with Gasteiger partial charge in [0.25, 0.3) is 0 Å². The minimum absolute atomic E-state index is 0.328. The Kier molecular flexibility index (Phi) is 3.78. The minimum Gasteiger partial charge on any atom is -0.497 e. The highest BCUT2D eigenvalue weighted by Crippen LogP contribution is 2.33. The van der Waals surface area contributed by atoms with Crippen molar-refractivity contribution in [2.24, 2.45) is 0 Å². The lowest BCUT2D eigenvalue weighted by atomic mass is 10.1. The summed E-state index contributed by atoms with van der Waals surface area (Å²) < 4.78 is 11.0. The number of nitrogens with zero attached hydrogens (tertiary/aromatic N) is 1. The molecule has 1 aromatic carbocycles. The van der Waals surface area contributed by atoms with Gasteiger partial charge >= 0.3 is 0 Å². The molecule has 0 aromatic heterocycles. The van der Waals surface area contributed by atoms with Crippen LogP contribution in [0.4, 0.5) is 0 Å². The lowest BCUT2D eigenvalue weighted by Gasteiger charge is -2.09. The fraction of sp³-hybridized carbons (Fsp3) is 0.300. The predicted octanol–water partition coefficient (Wildman–Crippen LogP) is 2.53. The van der Waals surface area contributed by atoms with E-state index in [0.29, 0.717) is 17.9 Å². The van der Waals surface area contributed by atoms with E-state index in [9.17, 15) is 0 Å². The SMILES string of the molecule is COc1cc(CC#N)c(Br)c(OC)c1. The second kappa shape index (κ2) is 4.87. The molecule has 0 aliphatic carbocycles. The van der Waals surface area contributed by atoms with Crippen molar-refractivity contribution in [3.05, 3.63) is 22.2 Å². The molecular formula is C10H10BrNO2. The molecule has 0 spiro atoms. The Morgan fingerprint density at radius 3 is 2.57 bits per heavy atom. The minimum atomic E-state index is 0.328. The normalized spacial score (nSPS) is 9.29. The van der Waals surface area contributed by atoms with Crippen LogP contribution in [0.1, 0.15) is 5.56 Å². The third kappa shape index (κ3) is 2.18. The van der Waals surface area contributed by atoms with Gasteiger partial charge in [0.15, 0.2) is 0 Å². The van der Waals surface area contributed by atoms with Gasteiger partial charge in [-0.3, -0.25) is 0 Å². The maximum absolute atomic E-state index is 8.62. The molecule has 0 radical (unpaired) electrons. The average molecular weight is 256 g/mol. The third-order valence-electron chi connectivity index (χ3n) is 1.81. The van der Waals surface area contributed by atoms with Gasteiger partial charge in [-0.15, -0.1) is 0 Å². The van der Waals surface area contributed by atoms with Crippen molar-refractivity contribution < 1.29 is 9.47 Å². The summed E-state index contributed by atoms with van der Waals surface area (Å²) >= 11 is 3.37. The largest absolute Gasteiger partial charge is 0.497 e. The molecule has 0 unspecified atom stereocenters. The van der Waals surface area contributed by atoms with Crippen molar-refractivity contribution in [2.45, 2.75) is 6.42 Å². The molecule has 0 N–H and O–H groups in total. The summed E-state index contributed by atoms with van der Waals surface area (Å²) in [6, 6.07) is 5.67. The van der Waals surface area contributed by atoms with Gasteiger partial charge in [0, 0.05) is 6.07 Å². The predicted molar refractivity (Wildman–Crippen MR) is 56.6 cm³/mol. The van der Waals surface area contributed by atoms with Crippen molar-refractivity contribution in [1.29, 1.82) is 5.26 Å². The van der Waals surface area contributed by atoms with Crippen LogP contribution in [-0.4, -0.2) is 14.2 Å². The zero-order chi connectivity index (χ0) is 10.6. The molecule has 0 saturated heterocycles. The highest BCUT2D eigenvalue weighted by atomic mass is 79.9. The fourth-order valence-corrected chi connectivity index (χ4v) is 1.64. The molecule has 0 aliphatic rings. The summed E-state index contributed by atoms with van der Waals surface area (Å²) in [4.78, 5) is 0. The van der Waals surface area contributed by atoms with Gasteiger partial charge < -0.3 is 9.47 Å². The van der Waals surface area contributed by atoms with Gasteiger partial charge in [-0.2, -0.15) is 5.26 Å². The number of methoxy groups -OCH3 is 2. The van der Waals surface area contributed by atoms with Gasteiger partial charge in [0.2, 0.25) is 0 Å². The standard InChI is InChI=1S/C10H10BrNO2/c1-13-8-5-7(3-4-12)10(11)9(6-8)14-2/h5-6H,3H2,1-2H3. The number of halogens is 1. The van der Waals surface area contributed by atoms with E-state index in [1.807, 2.05) is 6.07 Å². The van der Waals surface area contributed by atoms with Crippen molar-refractivity contribution in [3.63, 3.8) is 0 Å². The summed E-state index contributed by atoms with van der Waals surface area (Å²) in [6.45, 7) is 0. The van der Waals surface area contributed by atoms with Crippen LogP contribution in [0.2, 0.25) is 0 Å². The molecule has 0 bridgehead atoms. The van der Waals surface area contributed by atoms with Crippen LogP contribution >= 0.6 is 15.9 Å². The smallest absolute Gasteiger partial charge is 0.137 e. The van der Waals surface area contributed by atoms with Crippen molar-refractivity contribution in [3.8, 4) is 17.6 Å². The summed E-state index contributed by atoms with van der Waals surface area (Å²) in [6.07, 6.45) is 0.328. The van der Waals surface area contributed by atoms with E-state index >= 15 is 0 Å². The summed E-state index contributed by atoms with van der Waals surface area (Å²) in [5.41, 5.74) is 0.865. The Bertz CT molecular complexity index is 371. The quantitative estimate of drug-likeness (QED) is 0.834. The number of hydrogen-bond donors (Lipinski definition) is 0. The lowest BCUT2D eigenvalue weighted by molar-refractivity contribution is 0.392. The Morgan fingerprint density at radius 1 is 1.36 bits per heavy atom. The molecule has 0 amide bonds. The van der Waals surface area contributed by atoms with E-state index in [4.69, 9.17) is 14.7 Å². The van der Waals surface area contributed by atoms with E-state index in [-0.39, 0.29) is 0 Å². The molecule has 0 atom stereocenters. The molecule has 0 aliphatic heterocycles. The second-order valence-corrected chi connectivity index (χ2v) is 3.43. The third-order valence-corrected chi connectivity index (χ3v) is 2.71. The van der Waals surface area contributed by atoms with Gasteiger partial charge in [0.1, 0.15) is 11.5 Å². The number of rotatable bonds is 3. The van der Waals surface area contributed by atoms with E-state index in [2.05, 4.69) is 22.0 Å². The van der Waals surface area contributed by atoms with Crippen molar-refractivity contribution in [2.75, 3.05) is 14.2 Å². The van der Waals surface area contributed by atoms with Crippen LogP contribution < -0.4 is 9.47 Å². The molecule has 74 valence electrons. The Hall–Kier alpha value is -1.21. The highest BCUT2D eigenvalue weighted by molar-refractivity contribution is 9.10. The van der Waals surface area contributed by atoms with Gasteiger partial charge in [-0.05, 0) is 27.6 Å². The molecule has 1 aromatic rings. The number of ether oxygens (including phenoxy) is 2. The maximum Gasteiger partial charge on any atom is 0.137 e. The molecule has 14 heavy (non-hydrogen) atoms. The summed E-state index contributed by atoms with van der Waals surface area (Å²) in [7, 11) is 3.16. The van der Waals surface area contributed by atoms with Gasteiger partial charge in [0.05, 0.1) is 31.2 Å². The van der Waals surface area contributed by atoms with Crippen LogP contribution in [0.3, 0.4) is 0 Å². The molecule has 4 heteroatoms. The van der Waals surface area contributed by atoms with E-state index in [1.165, 1.54) is 0 Å². The molecule has 3 nitrogen and oxygen atoms in total. The molecular weight excluding hydrogens is 246 g/mol. The highest BCUT2D eigenvalue weighted by Gasteiger charge is 2.09. The Morgan fingerprint density at radius 2 is 2.07 bits per heavy atom. The first-order chi connectivity index (χ1) is 6.72. The molecule has 1 rings (SSSR count). The maximum atomic E-state index is 8.62. The van der Waals surface area contributed by atoms with Crippen LogP contribution in [0.15, 0.2) is 16.6 Å². The number of hydrogen-bond acceptors (Lipinski definition) is 3. The average Bonchev–Trinajstić information content (AvgIpc) is 2.21. The first-order valence-corrected chi connectivity index (χ1v) is 4.79. The molecule has 0 fully saturated rings. The first-order valence-electron chi connectivity index (χ1n) is 4.00. The first kappa shape index (κ1) is 10.9.